The van der Waals surface area contributed by atoms with Crippen molar-refractivity contribution in [1.82, 2.24) is 0 Å². The van der Waals surface area contributed by atoms with Crippen LogP contribution in [0.2, 0.25) is 5.02 Å². The summed E-state index contributed by atoms with van der Waals surface area (Å²) in [5, 5.41) is 2.74. The Morgan fingerprint density at radius 3 is 2.36 bits per heavy atom. The zero-order chi connectivity index (χ0) is 16.3. The van der Waals surface area contributed by atoms with Crippen LogP contribution in [0.3, 0.4) is 0 Å². The second kappa shape index (κ2) is 6.33. The largest absolute Gasteiger partial charge is 0.322 e. The zero-order valence-electron chi connectivity index (χ0n) is 11.4. The van der Waals surface area contributed by atoms with Crippen molar-refractivity contribution in [2.75, 3.05) is 16.3 Å². The van der Waals surface area contributed by atoms with E-state index < -0.39 is 21.7 Å². The number of carbonyl (C=O) groups is 1. The fourth-order valence-corrected chi connectivity index (χ4v) is 2.47. The topological polar surface area (TPSA) is 75.3 Å². The summed E-state index contributed by atoms with van der Waals surface area (Å²) in [6, 6.07) is 9.45. The van der Waals surface area contributed by atoms with Crippen molar-refractivity contribution < 1.29 is 17.6 Å². The van der Waals surface area contributed by atoms with Crippen molar-refractivity contribution in [1.29, 1.82) is 0 Å². The molecule has 0 unspecified atom stereocenters. The van der Waals surface area contributed by atoms with E-state index in [9.17, 15) is 17.6 Å². The van der Waals surface area contributed by atoms with Crippen molar-refractivity contribution in [2.45, 2.75) is 0 Å². The Bertz CT molecular complexity index is 807. The van der Waals surface area contributed by atoms with Crippen molar-refractivity contribution >= 4 is 38.9 Å². The highest BCUT2D eigenvalue weighted by molar-refractivity contribution is 7.92. The van der Waals surface area contributed by atoms with E-state index in [-0.39, 0.29) is 16.3 Å². The molecule has 2 aromatic rings. The summed E-state index contributed by atoms with van der Waals surface area (Å²) < 4.78 is 37.5. The molecule has 0 aliphatic rings. The number of anilines is 2. The summed E-state index contributed by atoms with van der Waals surface area (Å²) in [5.74, 6) is -0.885. The molecule has 0 aliphatic carbocycles. The summed E-state index contributed by atoms with van der Waals surface area (Å²) in [5.41, 5.74) is 0.731. The Labute approximate surface area is 132 Å². The summed E-state index contributed by atoms with van der Waals surface area (Å²) in [6.07, 6.45) is 0.981. The van der Waals surface area contributed by atoms with Crippen LogP contribution in [0.1, 0.15) is 10.4 Å². The van der Waals surface area contributed by atoms with E-state index in [1.54, 1.807) is 0 Å². The third kappa shape index (κ3) is 4.44. The highest BCUT2D eigenvalue weighted by atomic mass is 35.5. The minimum atomic E-state index is -3.51. The van der Waals surface area contributed by atoms with E-state index in [1.807, 2.05) is 0 Å². The van der Waals surface area contributed by atoms with Gasteiger partial charge in [0.1, 0.15) is 5.82 Å². The van der Waals surface area contributed by atoms with Crippen LogP contribution in [0.15, 0.2) is 42.5 Å². The minimum absolute atomic E-state index is 0.107. The predicted octanol–water partition coefficient (Wildman–Crippen LogP) is 3.10. The van der Waals surface area contributed by atoms with Gasteiger partial charge in [-0.3, -0.25) is 9.52 Å². The Balaban J connectivity index is 2.23. The summed E-state index contributed by atoms with van der Waals surface area (Å²) in [6.45, 7) is 0. The maximum atomic E-state index is 12.8. The van der Waals surface area contributed by atoms with Gasteiger partial charge in [0, 0.05) is 11.3 Å². The smallest absolute Gasteiger partial charge is 0.255 e. The van der Waals surface area contributed by atoms with Gasteiger partial charge in [0.15, 0.2) is 0 Å². The van der Waals surface area contributed by atoms with Crippen LogP contribution in [0.25, 0.3) is 0 Å². The average Bonchev–Trinajstić information content (AvgIpc) is 2.42. The Morgan fingerprint density at radius 2 is 1.77 bits per heavy atom. The van der Waals surface area contributed by atoms with Gasteiger partial charge in [0.05, 0.1) is 17.0 Å². The first-order chi connectivity index (χ1) is 10.2. The lowest BCUT2D eigenvalue weighted by atomic mass is 10.2. The quantitative estimate of drug-likeness (QED) is 0.896. The molecule has 0 spiro atoms. The number of nitrogens with one attached hydrogen (secondary N) is 2. The van der Waals surface area contributed by atoms with E-state index in [0.717, 1.165) is 6.26 Å². The van der Waals surface area contributed by atoms with E-state index >= 15 is 0 Å². The van der Waals surface area contributed by atoms with Gasteiger partial charge in [0.2, 0.25) is 10.0 Å². The Hall–Kier alpha value is -2.12. The molecular weight excluding hydrogens is 331 g/mol. The van der Waals surface area contributed by atoms with Crippen LogP contribution in [0, 0.1) is 5.82 Å². The zero-order valence-corrected chi connectivity index (χ0v) is 13.0. The second-order valence-corrected chi connectivity index (χ2v) is 6.69. The number of sulfonamides is 1. The van der Waals surface area contributed by atoms with Crippen molar-refractivity contribution in [3.63, 3.8) is 0 Å². The van der Waals surface area contributed by atoms with Gasteiger partial charge in [0.25, 0.3) is 5.91 Å². The maximum absolute atomic E-state index is 12.8. The van der Waals surface area contributed by atoms with Gasteiger partial charge < -0.3 is 5.32 Å². The Morgan fingerprint density at radius 1 is 1.14 bits per heavy atom. The summed E-state index contributed by atoms with van der Waals surface area (Å²) >= 11 is 5.88. The molecule has 2 rings (SSSR count). The molecular formula is C14H12ClFN2O3S. The molecule has 0 saturated carbocycles. The predicted molar refractivity (Wildman–Crippen MR) is 84.3 cm³/mol. The second-order valence-electron chi connectivity index (χ2n) is 4.53. The van der Waals surface area contributed by atoms with E-state index in [1.165, 1.54) is 42.5 Å². The normalized spacial score (nSPS) is 11.0. The number of carbonyl (C=O) groups excluding carboxylic acids is 1. The van der Waals surface area contributed by atoms with Gasteiger partial charge in [-0.05, 0) is 42.5 Å². The molecule has 0 radical (unpaired) electrons. The van der Waals surface area contributed by atoms with Crippen LogP contribution >= 0.6 is 11.6 Å². The van der Waals surface area contributed by atoms with Gasteiger partial charge in [-0.25, -0.2) is 12.8 Å². The minimum Gasteiger partial charge on any atom is -0.322 e. The molecule has 1 amide bonds. The molecule has 8 heteroatoms. The lowest BCUT2D eigenvalue weighted by Gasteiger charge is -2.09. The van der Waals surface area contributed by atoms with Crippen molar-refractivity contribution in [3.05, 3.63) is 58.9 Å². The number of hydrogen-bond donors (Lipinski definition) is 2. The van der Waals surface area contributed by atoms with Gasteiger partial charge in [-0.1, -0.05) is 11.6 Å². The first-order valence-corrected chi connectivity index (χ1v) is 8.36. The van der Waals surface area contributed by atoms with Crippen LogP contribution in [0.4, 0.5) is 15.8 Å². The standard InChI is InChI=1S/C14H12ClFN2O3S/c1-22(20,21)18-13-8-9(2-7-12(13)15)14(19)17-11-5-3-10(16)4-6-11/h2-8,18H,1H3,(H,17,19). The summed E-state index contributed by atoms with van der Waals surface area (Å²) in [7, 11) is -3.51. The van der Waals surface area contributed by atoms with E-state index in [0.29, 0.717) is 5.69 Å². The SMILES string of the molecule is CS(=O)(=O)Nc1cc(C(=O)Nc2ccc(F)cc2)ccc1Cl. The molecule has 0 heterocycles. The van der Waals surface area contributed by atoms with Crippen LogP contribution in [-0.4, -0.2) is 20.6 Å². The number of benzene rings is 2. The van der Waals surface area contributed by atoms with Crippen LogP contribution in [-0.2, 0) is 10.0 Å². The summed E-state index contributed by atoms with van der Waals surface area (Å²) in [4.78, 5) is 12.1. The molecule has 0 fully saturated rings. The van der Waals surface area contributed by atoms with Crippen molar-refractivity contribution in [2.24, 2.45) is 0 Å². The number of hydrogen-bond acceptors (Lipinski definition) is 3. The highest BCUT2D eigenvalue weighted by Gasteiger charge is 2.12. The number of amides is 1. The van der Waals surface area contributed by atoms with Crippen molar-refractivity contribution in [3.8, 4) is 0 Å². The fourth-order valence-electron chi connectivity index (χ4n) is 1.68. The molecule has 0 aliphatic heterocycles. The van der Waals surface area contributed by atoms with Crippen LogP contribution < -0.4 is 10.0 Å². The molecule has 2 N–H and O–H groups in total. The molecule has 0 saturated heterocycles. The lowest BCUT2D eigenvalue weighted by molar-refractivity contribution is 0.102. The average molecular weight is 343 g/mol. The highest BCUT2D eigenvalue weighted by Crippen LogP contribution is 2.24. The number of rotatable bonds is 4. The van der Waals surface area contributed by atoms with E-state index in [2.05, 4.69) is 10.0 Å². The maximum Gasteiger partial charge on any atom is 0.255 e. The monoisotopic (exact) mass is 342 g/mol. The fraction of sp³-hybridized carbons (Fsp3) is 0.0714. The molecule has 0 atom stereocenters. The first-order valence-electron chi connectivity index (χ1n) is 6.09. The molecule has 2 aromatic carbocycles. The lowest BCUT2D eigenvalue weighted by Crippen LogP contribution is -2.14. The molecule has 22 heavy (non-hydrogen) atoms. The van der Waals surface area contributed by atoms with Gasteiger partial charge >= 0.3 is 0 Å². The third-order valence-electron chi connectivity index (χ3n) is 2.63. The van der Waals surface area contributed by atoms with Gasteiger partial charge in [-0.15, -0.1) is 0 Å². The molecule has 5 nitrogen and oxygen atoms in total. The van der Waals surface area contributed by atoms with Crippen LogP contribution in [0.5, 0.6) is 0 Å². The molecule has 0 aromatic heterocycles. The van der Waals surface area contributed by atoms with Gasteiger partial charge in [-0.2, -0.15) is 0 Å². The third-order valence-corrected chi connectivity index (χ3v) is 3.55. The number of halogens is 2. The first kappa shape index (κ1) is 16.3. The molecule has 0 bridgehead atoms. The molecule has 116 valence electrons. The van der Waals surface area contributed by atoms with E-state index in [4.69, 9.17) is 11.6 Å². The Kier molecular flexibility index (Phi) is 4.68.